The number of nitrogens with two attached hydrogens (primary N) is 1. The largest absolute Gasteiger partial charge is 0.365 e. The monoisotopic (exact) mass is 448 g/mol. The lowest BCUT2D eigenvalue weighted by atomic mass is 9.91. The van der Waals surface area contributed by atoms with E-state index >= 15 is 0 Å². The molecule has 1 aliphatic rings. The summed E-state index contributed by atoms with van der Waals surface area (Å²) in [5.74, 6) is 0.0871. The molecular weight excluding hydrogens is 423 g/mol. The summed E-state index contributed by atoms with van der Waals surface area (Å²) >= 11 is 0. The summed E-state index contributed by atoms with van der Waals surface area (Å²) in [5.41, 5.74) is 8.16. The molecule has 3 heterocycles. The number of pyridine rings is 2. The number of hydrogen-bond donors (Lipinski definition) is 2. The fourth-order valence-corrected chi connectivity index (χ4v) is 3.79. The molecule has 0 atom stereocenters. The van der Waals surface area contributed by atoms with E-state index in [1.807, 2.05) is 36.1 Å². The number of nitrogens with zero attached hydrogens (tertiary/aromatic N) is 4. The van der Waals surface area contributed by atoms with Gasteiger partial charge in [-0.05, 0) is 29.8 Å². The van der Waals surface area contributed by atoms with Crippen LogP contribution in [0.1, 0.15) is 35.2 Å². The van der Waals surface area contributed by atoms with Crippen molar-refractivity contribution in [2.24, 2.45) is 5.73 Å². The Morgan fingerprint density at radius 3 is 2.58 bits per heavy atom. The van der Waals surface area contributed by atoms with Crippen molar-refractivity contribution in [3.63, 3.8) is 0 Å². The van der Waals surface area contributed by atoms with Crippen molar-refractivity contribution >= 4 is 34.8 Å². The number of carbonyl (C=O) groups is 2. The van der Waals surface area contributed by atoms with Crippen LogP contribution in [0.2, 0.25) is 0 Å². The van der Waals surface area contributed by atoms with E-state index in [9.17, 15) is 14.0 Å². The molecule has 1 fully saturated rings. The standard InChI is InChI=1S/C24H25FN6O2/c1-3-23(32)31-13-16(14-31)15-7-9-17(10-8-15)28-21-11-19(18(12-27-21)24(26)33)30(2)22-6-4-5-20(25)29-22/h4-12,16H,3,13-14H2,1-2H3,(H2,26,33)(H,27,28). The Morgan fingerprint density at radius 2 is 1.94 bits per heavy atom. The van der Waals surface area contributed by atoms with Gasteiger partial charge in [-0.15, -0.1) is 0 Å². The molecular formula is C24H25FN6O2. The average Bonchev–Trinajstić information content (AvgIpc) is 2.78. The predicted molar refractivity (Wildman–Crippen MR) is 124 cm³/mol. The number of anilines is 4. The number of carbonyl (C=O) groups excluding carboxylic acids is 2. The first-order valence-electron chi connectivity index (χ1n) is 10.7. The smallest absolute Gasteiger partial charge is 0.252 e. The van der Waals surface area contributed by atoms with E-state index in [1.165, 1.54) is 17.8 Å². The van der Waals surface area contributed by atoms with Crippen LogP contribution in [0.5, 0.6) is 0 Å². The third-order valence-corrected chi connectivity index (χ3v) is 5.74. The Morgan fingerprint density at radius 1 is 1.21 bits per heavy atom. The van der Waals surface area contributed by atoms with Gasteiger partial charge in [-0.25, -0.2) is 9.97 Å². The van der Waals surface area contributed by atoms with Crippen molar-refractivity contribution in [1.82, 2.24) is 14.9 Å². The summed E-state index contributed by atoms with van der Waals surface area (Å²) < 4.78 is 13.6. The maximum Gasteiger partial charge on any atom is 0.252 e. The van der Waals surface area contributed by atoms with E-state index < -0.39 is 11.9 Å². The molecule has 0 radical (unpaired) electrons. The van der Waals surface area contributed by atoms with Crippen molar-refractivity contribution in [2.45, 2.75) is 19.3 Å². The number of rotatable bonds is 7. The molecule has 0 saturated carbocycles. The lowest BCUT2D eigenvalue weighted by Crippen LogP contribution is -2.48. The van der Waals surface area contributed by atoms with Gasteiger partial charge in [0.2, 0.25) is 11.9 Å². The molecule has 3 aromatic rings. The minimum atomic E-state index is -0.646. The van der Waals surface area contributed by atoms with Gasteiger partial charge in [0.25, 0.3) is 5.91 Å². The first-order valence-corrected chi connectivity index (χ1v) is 10.7. The van der Waals surface area contributed by atoms with Crippen LogP contribution >= 0.6 is 0 Å². The van der Waals surface area contributed by atoms with Crippen LogP contribution in [0.4, 0.5) is 27.4 Å². The summed E-state index contributed by atoms with van der Waals surface area (Å²) in [5, 5.41) is 3.22. The molecule has 1 aliphatic heterocycles. The van der Waals surface area contributed by atoms with Gasteiger partial charge in [0, 0.05) is 50.4 Å². The Kier molecular flexibility index (Phi) is 6.21. The van der Waals surface area contributed by atoms with Crippen LogP contribution in [0.15, 0.2) is 54.7 Å². The number of likely N-dealkylation sites (tertiary alicyclic amines) is 1. The lowest BCUT2D eigenvalue weighted by Gasteiger charge is -2.39. The number of hydrogen-bond acceptors (Lipinski definition) is 6. The van der Waals surface area contributed by atoms with Gasteiger partial charge in [-0.2, -0.15) is 4.39 Å². The van der Waals surface area contributed by atoms with E-state index in [0.29, 0.717) is 29.7 Å². The Hall–Kier alpha value is -4.01. The second-order valence-electron chi connectivity index (χ2n) is 7.92. The fourth-order valence-electron chi connectivity index (χ4n) is 3.79. The van der Waals surface area contributed by atoms with E-state index in [4.69, 9.17) is 5.73 Å². The Bertz CT molecular complexity index is 1180. The second kappa shape index (κ2) is 9.23. The van der Waals surface area contributed by atoms with E-state index in [2.05, 4.69) is 15.3 Å². The zero-order chi connectivity index (χ0) is 23.5. The zero-order valence-corrected chi connectivity index (χ0v) is 18.5. The molecule has 3 N–H and O–H groups in total. The van der Waals surface area contributed by atoms with Gasteiger partial charge in [0.15, 0.2) is 0 Å². The molecule has 0 bridgehead atoms. The minimum Gasteiger partial charge on any atom is -0.365 e. The summed E-state index contributed by atoms with van der Waals surface area (Å²) in [6.07, 6.45) is 1.92. The quantitative estimate of drug-likeness (QED) is 0.536. The third kappa shape index (κ3) is 4.77. The molecule has 0 spiro atoms. The first kappa shape index (κ1) is 22.2. The number of nitrogens with one attached hydrogen (secondary N) is 1. The summed E-state index contributed by atoms with van der Waals surface area (Å²) in [7, 11) is 1.67. The normalized spacial score (nSPS) is 13.4. The van der Waals surface area contributed by atoms with Gasteiger partial charge >= 0.3 is 0 Å². The fraction of sp³-hybridized carbons (Fsp3) is 0.250. The van der Waals surface area contributed by atoms with E-state index in [1.54, 1.807) is 30.1 Å². The number of benzene rings is 1. The second-order valence-corrected chi connectivity index (χ2v) is 7.92. The third-order valence-electron chi connectivity index (χ3n) is 5.74. The van der Waals surface area contributed by atoms with Crippen LogP contribution in [0.3, 0.4) is 0 Å². The Labute approximate surface area is 191 Å². The molecule has 1 saturated heterocycles. The zero-order valence-electron chi connectivity index (χ0n) is 18.5. The van der Waals surface area contributed by atoms with Crippen molar-refractivity contribution in [2.75, 3.05) is 30.4 Å². The Balaban J connectivity index is 1.51. The maximum atomic E-state index is 13.6. The minimum absolute atomic E-state index is 0.184. The SMILES string of the molecule is CCC(=O)N1CC(c2ccc(Nc3cc(N(C)c4cccc(F)n4)c(C(N)=O)cn3)cc2)C1. The molecule has 1 aromatic carbocycles. The van der Waals surface area contributed by atoms with Crippen molar-refractivity contribution in [3.05, 3.63) is 71.8 Å². The molecule has 4 rings (SSSR count). The lowest BCUT2D eigenvalue weighted by molar-refractivity contribution is -0.135. The molecule has 0 aliphatic carbocycles. The van der Waals surface area contributed by atoms with Gasteiger partial charge in [0.1, 0.15) is 11.6 Å². The molecule has 9 heteroatoms. The molecule has 2 amide bonds. The topological polar surface area (TPSA) is 104 Å². The summed E-state index contributed by atoms with van der Waals surface area (Å²) in [6, 6.07) is 14.0. The number of amides is 2. The summed E-state index contributed by atoms with van der Waals surface area (Å²) in [4.78, 5) is 35.3. The van der Waals surface area contributed by atoms with Crippen molar-refractivity contribution in [3.8, 4) is 0 Å². The maximum absolute atomic E-state index is 13.6. The average molecular weight is 449 g/mol. The van der Waals surface area contributed by atoms with Crippen molar-refractivity contribution < 1.29 is 14.0 Å². The van der Waals surface area contributed by atoms with Gasteiger partial charge in [-0.3, -0.25) is 9.59 Å². The number of primary amides is 1. The number of aromatic nitrogens is 2. The first-order chi connectivity index (χ1) is 15.9. The summed E-state index contributed by atoms with van der Waals surface area (Å²) in [6.45, 7) is 3.37. The number of halogens is 1. The van der Waals surface area contributed by atoms with Crippen LogP contribution in [0, 0.1) is 5.95 Å². The molecule has 8 nitrogen and oxygen atoms in total. The van der Waals surface area contributed by atoms with Crippen LogP contribution < -0.4 is 16.0 Å². The molecule has 33 heavy (non-hydrogen) atoms. The van der Waals surface area contributed by atoms with E-state index in [-0.39, 0.29) is 11.5 Å². The van der Waals surface area contributed by atoms with Crippen LogP contribution in [0.25, 0.3) is 0 Å². The van der Waals surface area contributed by atoms with E-state index in [0.717, 1.165) is 18.8 Å². The van der Waals surface area contributed by atoms with Gasteiger partial charge in [-0.1, -0.05) is 25.1 Å². The van der Waals surface area contributed by atoms with Crippen LogP contribution in [-0.4, -0.2) is 46.8 Å². The highest BCUT2D eigenvalue weighted by atomic mass is 19.1. The molecule has 170 valence electrons. The molecule has 2 aromatic heterocycles. The van der Waals surface area contributed by atoms with Crippen LogP contribution in [-0.2, 0) is 4.79 Å². The van der Waals surface area contributed by atoms with Gasteiger partial charge in [0.05, 0.1) is 11.3 Å². The van der Waals surface area contributed by atoms with Crippen molar-refractivity contribution in [1.29, 1.82) is 0 Å². The highest BCUT2D eigenvalue weighted by Crippen LogP contribution is 2.31. The molecule has 0 unspecified atom stereocenters. The predicted octanol–water partition coefficient (Wildman–Crippen LogP) is 3.56. The highest BCUT2D eigenvalue weighted by Gasteiger charge is 2.30. The van der Waals surface area contributed by atoms with Gasteiger partial charge < -0.3 is 20.9 Å². The highest BCUT2D eigenvalue weighted by molar-refractivity contribution is 5.99.